The van der Waals surface area contributed by atoms with Gasteiger partial charge in [0, 0.05) is 11.9 Å². The summed E-state index contributed by atoms with van der Waals surface area (Å²) in [6.07, 6.45) is 0.882. The van der Waals surface area contributed by atoms with Crippen LogP contribution < -0.4 is 10.1 Å². The summed E-state index contributed by atoms with van der Waals surface area (Å²) < 4.78 is 5.17. The Morgan fingerprint density at radius 3 is 3.05 bits per heavy atom. The van der Waals surface area contributed by atoms with Gasteiger partial charge in [0.1, 0.15) is 5.75 Å². The lowest BCUT2D eigenvalue weighted by atomic mass is 10.1. The largest absolute Gasteiger partial charge is 0.497 e. The first-order valence-corrected chi connectivity index (χ1v) is 7.08. The molecule has 0 unspecified atom stereocenters. The minimum Gasteiger partial charge on any atom is -0.497 e. The summed E-state index contributed by atoms with van der Waals surface area (Å²) in [5.74, 6) is -0.120. The Labute approximate surface area is 121 Å². The number of benzene rings is 1. The number of hydrogen-bond acceptors (Lipinski definition) is 5. The highest BCUT2D eigenvalue weighted by Gasteiger charge is 2.08. The predicted octanol–water partition coefficient (Wildman–Crippen LogP) is 2.18. The molecule has 0 saturated carbocycles. The van der Waals surface area contributed by atoms with E-state index in [1.54, 1.807) is 12.5 Å². The zero-order valence-electron chi connectivity index (χ0n) is 11.1. The summed E-state index contributed by atoms with van der Waals surface area (Å²) in [7, 11) is 1.65. The van der Waals surface area contributed by atoms with Crippen LogP contribution >= 0.6 is 11.3 Å². The van der Waals surface area contributed by atoms with Gasteiger partial charge in [-0.1, -0.05) is 12.1 Å². The van der Waals surface area contributed by atoms with Crippen LogP contribution in [0, 0.1) is 0 Å². The van der Waals surface area contributed by atoms with Gasteiger partial charge in [-0.3, -0.25) is 0 Å². The van der Waals surface area contributed by atoms with Gasteiger partial charge >= 0.3 is 5.97 Å². The van der Waals surface area contributed by atoms with E-state index < -0.39 is 5.97 Å². The lowest BCUT2D eigenvalue weighted by molar-refractivity contribution is 0.0696. The van der Waals surface area contributed by atoms with Crippen molar-refractivity contribution < 1.29 is 14.6 Å². The zero-order valence-corrected chi connectivity index (χ0v) is 11.9. The summed E-state index contributed by atoms with van der Waals surface area (Å²) in [4.78, 5) is 14.7. The molecule has 1 aromatic heterocycles. The maximum atomic E-state index is 10.7. The van der Waals surface area contributed by atoms with Crippen molar-refractivity contribution >= 4 is 17.3 Å². The molecule has 2 N–H and O–H groups in total. The van der Waals surface area contributed by atoms with E-state index in [4.69, 9.17) is 9.84 Å². The molecule has 0 bridgehead atoms. The number of aromatic nitrogens is 1. The topological polar surface area (TPSA) is 71.5 Å². The van der Waals surface area contributed by atoms with Gasteiger partial charge in [-0.25, -0.2) is 9.78 Å². The third-order valence-electron chi connectivity index (χ3n) is 2.77. The molecule has 5 nitrogen and oxygen atoms in total. The molecule has 0 spiro atoms. The van der Waals surface area contributed by atoms with Crippen LogP contribution in [0.1, 0.15) is 21.1 Å². The molecule has 0 aliphatic rings. The monoisotopic (exact) mass is 292 g/mol. The van der Waals surface area contributed by atoms with Gasteiger partial charge in [0.2, 0.25) is 5.01 Å². The number of ether oxygens (including phenoxy) is 1. The third-order valence-corrected chi connectivity index (χ3v) is 3.64. The van der Waals surface area contributed by atoms with Gasteiger partial charge in [-0.05, 0) is 30.7 Å². The fourth-order valence-electron chi connectivity index (χ4n) is 1.76. The van der Waals surface area contributed by atoms with Gasteiger partial charge < -0.3 is 15.2 Å². The molecule has 0 amide bonds. The lowest BCUT2D eigenvalue weighted by Gasteiger charge is -2.05. The molecule has 0 aliphatic carbocycles. The van der Waals surface area contributed by atoms with E-state index in [0.717, 1.165) is 35.7 Å². The van der Waals surface area contributed by atoms with Gasteiger partial charge in [0.05, 0.1) is 12.8 Å². The number of methoxy groups -OCH3 is 1. The Morgan fingerprint density at radius 1 is 1.50 bits per heavy atom. The minimum absolute atomic E-state index is 0.134. The minimum atomic E-state index is -0.974. The highest BCUT2D eigenvalue weighted by atomic mass is 32.1. The van der Waals surface area contributed by atoms with Crippen molar-refractivity contribution in [1.82, 2.24) is 10.3 Å². The van der Waals surface area contributed by atoms with Crippen LogP contribution in [0.25, 0.3) is 0 Å². The van der Waals surface area contributed by atoms with E-state index in [1.807, 2.05) is 18.2 Å². The number of nitrogens with zero attached hydrogens (tertiary/aromatic N) is 1. The van der Waals surface area contributed by atoms with Crippen LogP contribution in [0.3, 0.4) is 0 Å². The molecule has 20 heavy (non-hydrogen) atoms. The van der Waals surface area contributed by atoms with Gasteiger partial charge in [-0.2, -0.15) is 0 Å². The van der Waals surface area contributed by atoms with Crippen molar-refractivity contribution in [3.8, 4) is 5.75 Å². The number of thiazole rings is 1. The molecule has 6 heteroatoms. The fourth-order valence-corrected chi connectivity index (χ4v) is 2.42. The lowest BCUT2D eigenvalue weighted by Crippen LogP contribution is -2.17. The molecule has 0 atom stereocenters. The van der Waals surface area contributed by atoms with E-state index in [0.29, 0.717) is 6.54 Å². The molecule has 106 valence electrons. The number of aromatic carboxylic acids is 1. The molecule has 0 saturated heterocycles. The SMILES string of the molecule is COc1cccc(CCNCc2csc(C(=O)O)n2)c1. The van der Waals surface area contributed by atoms with Gasteiger partial charge in [-0.15, -0.1) is 11.3 Å². The summed E-state index contributed by atoms with van der Waals surface area (Å²) in [5, 5.41) is 13.9. The second kappa shape index (κ2) is 7.02. The number of carbonyl (C=O) groups is 1. The Kier molecular flexibility index (Phi) is 5.09. The zero-order chi connectivity index (χ0) is 14.4. The summed E-state index contributed by atoms with van der Waals surface area (Å²) >= 11 is 1.15. The van der Waals surface area contributed by atoms with Crippen LogP contribution in [0.15, 0.2) is 29.6 Å². The van der Waals surface area contributed by atoms with E-state index in [1.165, 1.54) is 5.56 Å². The Hall–Kier alpha value is -1.92. The average molecular weight is 292 g/mol. The quantitative estimate of drug-likeness (QED) is 0.765. The second-order valence-corrected chi connectivity index (χ2v) is 5.09. The smallest absolute Gasteiger partial charge is 0.365 e. The van der Waals surface area contributed by atoms with E-state index in [9.17, 15) is 4.79 Å². The molecule has 0 aliphatic heterocycles. The first kappa shape index (κ1) is 14.5. The number of carboxylic acids is 1. The second-order valence-electron chi connectivity index (χ2n) is 4.23. The van der Waals surface area contributed by atoms with Crippen molar-refractivity contribution in [2.75, 3.05) is 13.7 Å². The van der Waals surface area contributed by atoms with Crippen molar-refractivity contribution in [1.29, 1.82) is 0 Å². The molecular formula is C14H16N2O3S. The van der Waals surface area contributed by atoms with Crippen LogP contribution in [0.4, 0.5) is 0 Å². The Bertz CT molecular complexity index is 583. The van der Waals surface area contributed by atoms with Crippen LogP contribution in [-0.2, 0) is 13.0 Å². The van der Waals surface area contributed by atoms with E-state index in [2.05, 4.69) is 16.4 Å². The molecule has 2 rings (SSSR count). The summed E-state index contributed by atoms with van der Waals surface area (Å²) in [6, 6.07) is 7.94. The average Bonchev–Trinajstić information content (AvgIpc) is 2.93. The summed E-state index contributed by atoms with van der Waals surface area (Å²) in [5.41, 5.74) is 1.96. The van der Waals surface area contributed by atoms with Crippen LogP contribution in [0.5, 0.6) is 5.75 Å². The van der Waals surface area contributed by atoms with Crippen LogP contribution in [0.2, 0.25) is 0 Å². The van der Waals surface area contributed by atoms with Crippen molar-refractivity contribution in [3.05, 3.63) is 45.9 Å². The maximum absolute atomic E-state index is 10.7. The summed E-state index contributed by atoms with van der Waals surface area (Å²) in [6.45, 7) is 1.38. The molecule has 0 fully saturated rings. The van der Waals surface area contributed by atoms with Crippen molar-refractivity contribution in [2.45, 2.75) is 13.0 Å². The normalized spacial score (nSPS) is 10.4. The first-order valence-electron chi connectivity index (χ1n) is 6.20. The highest BCUT2D eigenvalue weighted by Crippen LogP contribution is 2.13. The predicted molar refractivity (Wildman–Crippen MR) is 77.5 cm³/mol. The van der Waals surface area contributed by atoms with Crippen molar-refractivity contribution in [3.63, 3.8) is 0 Å². The van der Waals surface area contributed by atoms with Crippen LogP contribution in [-0.4, -0.2) is 29.7 Å². The van der Waals surface area contributed by atoms with E-state index in [-0.39, 0.29) is 5.01 Å². The third kappa shape index (κ3) is 4.04. The molecule has 0 radical (unpaired) electrons. The maximum Gasteiger partial charge on any atom is 0.365 e. The molecule has 1 heterocycles. The first-order chi connectivity index (χ1) is 9.69. The number of rotatable bonds is 7. The molecule has 1 aromatic carbocycles. The Morgan fingerprint density at radius 2 is 2.35 bits per heavy atom. The van der Waals surface area contributed by atoms with E-state index >= 15 is 0 Å². The highest BCUT2D eigenvalue weighted by molar-refractivity contribution is 7.11. The molecule has 2 aromatic rings. The number of nitrogens with one attached hydrogen (secondary N) is 1. The number of hydrogen-bond donors (Lipinski definition) is 2. The molecular weight excluding hydrogens is 276 g/mol. The fraction of sp³-hybridized carbons (Fsp3) is 0.286. The Balaban J connectivity index is 1.76. The van der Waals surface area contributed by atoms with Crippen molar-refractivity contribution in [2.24, 2.45) is 0 Å². The van der Waals surface area contributed by atoms with Gasteiger partial charge in [0.25, 0.3) is 0 Å². The standard InChI is InChI=1S/C14H16N2O3S/c1-19-12-4-2-3-10(7-12)5-6-15-8-11-9-20-13(16-11)14(17)18/h2-4,7,9,15H,5-6,8H2,1H3,(H,17,18). The van der Waals surface area contributed by atoms with Gasteiger partial charge in [0.15, 0.2) is 0 Å². The number of carboxylic acid groups (broad SMARTS) is 1.